The summed E-state index contributed by atoms with van der Waals surface area (Å²) in [5.74, 6) is -2.76. The van der Waals surface area contributed by atoms with Gasteiger partial charge in [0, 0.05) is 19.2 Å². The fraction of sp³-hybridized carbons (Fsp3) is 0.625. The monoisotopic (exact) mass is 299 g/mol. The van der Waals surface area contributed by atoms with Crippen LogP contribution in [-0.2, 0) is 11.3 Å². The van der Waals surface area contributed by atoms with Gasteiger partial charge in [-0.1, -0.05) is 13.8 Å². The highest BCUT2D eigenvalue weighted by molar-refractivity contribution is 5.30. The standard InChI is InChI=1S/C16H23F2NO2/c1-3-16(4-2)9-12(5-6-21-16)19-10-11-7-13(17)15(20)14(18)8-11/h7-8,12,19-20H,3-6,9-10H2,1-2H3. The molecule has 0 amide bonds. The van der Waals surface area contributed by atoms with Crippen LogP contribution >= 0.6 is 0 Å². The summed E-state index contributed by atoms with van der Waals surface area (Å²) in [6, 6.07) is 2.61. The average Bonchev–Trinajstić information content (AvgIpc) is 2.50. The third-order valence-corrected chi connectivity index (χ3v) is 4.45. The zero-order valence-corrected chi connectivity index (χ0v) is 12.6. The van der Waals surface area contributed by atoms with E-state index in [1.807, 2.05) is 0 Å². The number of nitrogens with one attached hydrogen (secondary N) is 1. The lowest BCUT2D eigenvalue weighted by Crippen LogP contribution is -2.46. The molecule has 0 saturated carbocycles. The molecule has 0 bridgehead atoms. The molecule has 5 heteroatoms. The molecule has 118 valence electrons. The quantitative estimate of drug-likeness (QED) is 0.874. The molecule has 0 spiro atoms. The summed E-state index contributed by atoms with van der Waals surface area (Å²) in [5, 5.41) is 12.4. The van der Waals surface area contributed by atoms with Crippen molar-refractivity contribution in [3.8, 4) is 5.75 Å². The second-order valence-electron chi connectivity index (χ2n) is 5.72. The summed E-state index contributed by atoms with van der Waals surface area (Å²) < 4.78 is 32.5. The van der Waals surface area contributed by atoms with Gasteiger partial charge < -0.3 is 15.2 Å². The van der Waals surface area contributed by atoms with Gasteiger partial charge in [0.05, 0.1) is 5.60 Å². The van der Waals surface area contributed by atoms with E-state index in [0.29, 0.717) is 18.7 Å². The zero-order valence-electron chi connectivity index (χ0n) is 12.6. The molecule has 1 aromatic rings. The van der Waals surface area contributed by atoms with E-state index in [9.17, 15) is 8.78 Å². The van der Waals surface area contributed by atoms with E-state index in [2.05, 4.69) is 19.2 Å². The Morgan fingerprint density at radius 1 is 1.29 bits per heavy atom. The van der Waals surface area contributed by atoms with Crippen LogP contribution in [0.15, 0.2) is 12.1 Å². The Morgan fingerprint density at radius 2 is 1.90 bits per heavy atom. The number of benzene rings is 1. The highest BCUT2D eigenvalue weighted by atomic mass is 19.1. The van der Waals surface area contributed by atoms with Gasteiger partial charge in [0.1, 0.15) is 0 Å². The largest absolute Gasteiger partial charge is 0.503 e. The Bertz CT molecular complexity index is 466. The minimum absolute atomic E-state index is 0.0820. The minimum Gasteiger partial charge on any atom is -0.503 e. The number of rotatable bonds is 5. The van der Waals surface area contributed by atoms with Crippen LogP contribution < -0.4 is 5.32 Å². The van der Waals surface area contributed by atoms with Crippen LogP contribution in [0.1, 0.15) is 45.1 Å². The van der Waals surface area contributed by atoms with E-state index in [-0.39, 0.29) is 11.6 Å². The third-order valence-electron chi connectivity index (χ3n) is 4.45. The van der Waals surface area contributed by atoms with Crippen LogP contribution in [0.5, 0.6) is 5.75 Å². The van der Waals surface area contributed by atoms with E-state index in [1.165, 1.54) is 0 Å². The number of hydrogen-bond donors (Lipinski definition) is 2. The first-order valence-electron chi connectivity index (χ1n) is 7.54. The Balaban J connectivity index is 1.97. The molecule has 2 rings (SSSR count). The maximum atomic E-state index is 13.3. The van der Waals surface area contributed by atoms with Crippen molar-refractivity contribution in [1.82, 2.24) is 5.32 Å². The molecule has 1 aromatic carbocycles. The van der Waals surface area contributed by atoms with Crippen molar-refractivity contribution < 1.29 is 18.6 Å². The second-order valence-corrected chi connectivity index (χ2v) is 5.72. The molecule has 0 aliphatic carbocycles. The Kier molecular flexibility index (Phi) is 5.17. The van der Waals surface area contributed by atoms with Gasteiger partial charge in [-0.2, -0.15) is 0 Å². The lowest BCUT2D eigenvalue weighted by atomic mass is 9.86. The van der Waals surface area contributed by atoms with Crippen LogP contribution in [0.3, 0.4) is 0 Å². The first kappa shape index (κ1) is 16.2. The smallest absolute Gasteiger partial charge is 0.187 e. The lowest BCUT2D eigenvalue weighted by Gasteiger charge is -2.40. The summed E-state index contributed by atoms with van der Waals surface area (Å²) in [7, 11) is 0. The normalized spacial score (nSPS) is 21.4. The van der Waals surface area contributed by atoms with Crippen molar-refractivity contribution in [2.45, 2.75) is 57.7 Å². The molecule has 1 atom stereocenters. The highest BCUT2D eigenvalue weighted by Gasteiger charge is 2.34. The van der Waals surface area contributed by atoms with E-state index in [4.69, 9.17) is 9.84 Å². The molecule has 0 radical (unpaired) electrons. The SMILES string of the molecule is CCC1(CC)CC(NCc2cc(F)c(O)c(F)c2)CCO1. The summed E-state index contributed by atoms with van der Waals surface area (Å²) in [5.41, 5.74) is 0.411. The third kappa shape index (κ3) is 3.71. The van der Waals surface area contributed by atoms with Crippen molar-refractivity contribution in [2.24, 2.45) is 0 Å². The molecule has 3 nitrogen and oxygen atoms in total. The highest BCUT2D eigenvalue weighted by Crippen LogP contribution is 2.31. The number of halogens is 2. The average molecular weight is 299 g/mol. The predicted molar refractivity (Wildman–Crippen MR) is 77.1 cm³/mol. The lowest BCUT2D eigenvalue weighted by molar-refractivity contribution is -0.0932. The molecule has 1 saturated heterocycles. The van der Waals surface area contributed by atoms with Crippen molar-refractivity contribution >= 4 is 0 Å². The maximum absolute atomic E-state index is 13.3. The van der Waals surface area contributed by atoms with E-state index in [0.717, 1.165) is 37.8 Å². The van der Waals surface area contributed by atoms with Crippen LogP contribution in [0.25, 0.3) is 0 Å². The van der Waals surface area contributed by atoms with Gasteiger partial charge in [-0.05, 0) is 43.4 Å². The summed E-state index contributed by atoms with van der Waals surface area (Å²) in [6.07, 6.45) is 3.72. The molecule has 1 fully saturated rings. The molecule has 0 aromatic heterocycles. The van der Waals surface area contributed by atoms with Gasteiger partial charge in [-0.25, -0.2) is 8.78 Å². The van der Waals surface area contributed by atoms with Crippen LogP contribution in [-0.4, -0.2) is 23.4 Å². The van der Waals surface area contributed by atoms with Gasteiger partial charge in [-0.3, -0.25) is 0 Å². The molecule has 1 aliphatic rings. The van der Waals surface area contributed by atoms with Crippen LogP contribution in [0.2, 0.25) is 0 Å². The minimum atomic E-state index is -0.921. The summed E-state index contributed by atoms with van der Waals surface area (Å²) in [6.45, 7) is 5.33. The first-order chi connectivity index (χ1) is 9.99. The van der Waals surface area contributed by atoms with Gasteiger partial charge in [-0.15, -0.1) is 0 Å². The summed E-state index contributed by atoms with van der Waals surface area (Å²) >= 11 is 0. The first-order valence-corrected chi connectivity index (χ1v) is 7.54. The van der Waals surface area contributed by atoms with Gasteiger partial charge in [0.25, 0.3) is 0 Å². The van der Waals surface area contributed by atoms with Gasteiger partial charge in [0.2, 0.25) is 0 Å². The molecule has 2 N–H and O–H groups in total. The maximum Gasteiger partial charge on any atom is 0.187 e. The molecule has 1 aliphatic heterocycles. The molecular formula is C16H23F2NO2. The second kappa shape index (κ2) is 6.71. The molecule has 1 unspecified atom stereocenters. The molecular weight excluding hydrogens is 276 g/mol. The zero-order chi connectivity index (χ0) is 15.5. The van der Waals surface area contributed by atoms with Crippen molar-refractivity contribution in [3.05, 3.63) is 29.3 Å². The number of phenolic OH excluding ortho intramolecular Hbond substituents is 1. The van der Waals surface area contributed by atoms with Crippen LogP contribution in [0, 0.1) is 11.6 Å². The number of hydrogen-bond acceptors (Lipinski definition) is 3. The Labute approximate surface area is 124 Å². The predicted octanol–water partition coefficient (Wildman–Crippen LogP) is 3.50. The van der Waals surface area contributed by atoms with Crippen molar-refractivity contribution in [1.29, 1.82) is 0 Å². The number of ether oxygens (including phenoxy) is 1. The van der Waals surface area contributed by atoms with E-state index < -0.39 is 17.4 Å². The van der Waals surface area contributed by atoms with Crippen LogP contribution in [0.4, 0.5) is 8.78 Å². The fourth-order valence-electron chi connectivity index (χ4n) is 2.93. The topological polar surface area (TPSA) is 41.5 Å². The Morgan fingerprint density at radius 3 is 2.48 bits per heavy atom. The number of aromatic hydroxyl groups is 1. The fourth-order valence-corrected chi connectivity index (χ4v) is 2.93. The van der Waals surface area contributed by atoms with Crippen molar-refractivity contribution in [3.63, 3.8) is 0 Å². The number of phenols is 1. The molecule has 1 heterocycles. The van der Waals surface area contributed by atoms with Gasteiger partial charge in [0.15, 0.2) is 17.4 Å². The van der Waals surface area contributed by atoms with Crippen molar-refractivity contribution in [2.75, 3.05) is 6.61 Å². The van der Waals surface area contributed by atoms with E-state index in [1.54, 1.807) is 0 Å². The summed E-state index contributed by atoms with van der Waals surface area (Å²) in [4.78, 5) is 0. The Hall–Kier alpha value is -1.20. The van der Waals surface area contributed by atoms with Gasteiger partial charge >= 0.3 is 0 Å². The molecule has 21 heavy (non-hydrogen) atoms. The van der Waals surface area contributed by atoms with E-state index >= 15 is 0 Å².